The van der Waals surface area contributed by atoms with E-state index in [2.05, 4.69) is 4.90 Å². The van der Waals surface area contributed by atoms with Crippen LogP contribution in [0.5, 0.6) is 0 Å². The number of carbonyl (C=O) groups is 1. The van der Waals surface area contributed by atoms with Gasteiger partial charge in [-0.3, -0.25) is 9.69 Å². The molecule has 1 fully saturated rings. The van der Waals surface area contributed by atoms with Crippen molar-refractivity contribution in [2.24, 2.45) is 5.92 Å². The van der Waals surface area contributed by atoms with Crippen LogP contribution in [0.15, 0.2) is 18.2 Å². The molecule has 0 aliphatic carbocycles. The van der Waals surface area contributed by atoms with Crippen molar-refractivity contribution in [3.05, 3.63) is 35.4 Å². The highest BCUT2D eigenvalue weighted by Gasteiger charge is 2.28. The molecule has 0 spiro atoms. The molecular formula is C16H23F2N3O. The van der Waals surface area contributed by atoms with E-state index < -0.39 is 11.6 Å². The van der Waals surface area contributed by atoms with Crippen molar-refractivity contribution >= 4 is 5.91 Å². The van der Waals surface area contributed by atoms with Crippen molar-refractivity contribution in [2.75, 3.05) is 47.3 Å². The summed E-state index contributed by atoms with van der Waals surface area (Å²) in [5, 5.41) is 0. The summed E-state index contributed by atoms with van der Waals surface area (Å²) in [6, 6.07) is 3.50. The third-order valence-electron chi connectivity index (χ3n) is 4.00. The fourth-order valence-electron chi connectivity index (χ4n) is 2.81. The van der Waals surface area contributed by atoms with Crippen molar-refractivity contribution in [2.45, 2.75) is 6.54 Å². The van der Waals surface area contributed by atoms with Gasteiger partial charge in [-0.05, 0) is 25.2 Å². The fraction of sp³-hybridized carbons (Fsp3) is 0.562. The lowest BCUT2D eigenvalue weighted by molar-refractivity contribution is -0.133. The Hall–Kier alpha value is -1.53. The standard InChI is InChI=1S/C16H23F2N3O/c1-19(2)16(22)13-9-20(3)6-7-21(11-13)10-12-8-14(17)4-5-15(12)18/h4-5,8,13H,6-7,9-11H2,1-3H3/t13-/m1/s1. The zero-order valence-electron chi connectivity index (χ0n) is 13.4. The Morgan fingerprint density at radius 3 is 2.68 bits per heavy atom. The van der Waals surface area contributed by atoms with Gasteiger partial charge in [0.15, 0.2) is 0 Å². The summed E-state index contributed by atoms with van der Waals surface area (Å²) in [6.07, 6.45) is 0. The Morgan fingerprint density at radius 1 is 1.27 bits per heavy atom. The molecule has 1 aliphatic heterocycles. The van der Waals surface area contributed by atoms with Crippen LogP contribution in [-0.2, 0) is 11.3 Å². The summed E-state index contributed by atoms with van der Waals surface area (Å²) >= 11 is 0. The molecule has 0 radical (unpaired) electrons. The van der Waals surface area contributed by atoms with Crippen LogP contribution in [0.2, 0.25) is 0 Å². The number of halogens is 2. The van der Waals surface area contributed by atoms with Gasteiger partial charge in [0, 0.05) is 52.4 Å². The number of hydrogen-bond donors (Lipinski definition) is 0. The predicted molar refractivity (Wildman–Crippen MR) is 81.3 cm³/mol. The summed E-state index contributed by atoms with van der Waals surface area (Å²) < 4.78 is 27.1. The van der Waals surface area contributed by atoms with E-state index in [0.717, 1.165) is 25.2 Å². The molecule has 0 bridgehead atoms. The van der Waals surface area contributed by atoms with Crippen molar-refractivity contribution in [1.29, 1.82) is 0 Å². The van der Waals surface area contributed by atoms with E-state index in [9.17, 15) is 13.6 Å². The molecular weight excluding hydrogens is 288 g/mol. The number of hydrogen-bond acceptors (Lipinski definition) is 3. The molecule has 1 heterocycles. The molecule has 0 unspecified atom stereocenters. The molecule has 1 amide bonds. The van der Waals surface area contributed by atoms with Gasteiger partial charge in [0.2, 0.25) is 5.91 Å². The number of amides is 1. The second-order valence-corrected chi connectivity index (χ2v) is 6.16. The molecule has 0 saturated carbocycles. The molecule has 1 atom stereocenters. The lowest BCUT2D eigenvalue weighted by Gasteiger charge is -2.25. The highest BCUT2D eigenvalue weighted by Crippen LogP contribution is 2.16. The average molecular weight is 311 g/mol. The smallest absolute Gasteiger partial charge is 0.227 e. The maximum atomic E-state index is 13.8. The Bertz CT molecular complexity index is 536. The lowest BCUT2D eigenvalue weighted by Crippen LogP contribution is -2.40. The van der Waals surface area contributed by atoms with Crippen LogP contribution >= 0.6 is 0 Å². The highest BCUT2D eigenvalue weighted by molar-refractivity contribution is 5.78. The Labute approximate surface area is 130 Å². The fourth-order valence-corrected chi connectivity index (χ4v) is 2.81. The summed E-state index contributed by atoms with van der Waals surface area (Å²) in [5.74, 6) is -0.934. The van der Waals surface area contributed by atoms with Crippen LogP contribution < -0.4 is 0 Å². The molecule has 1 saturated heterocycles. The number of rotatable bonds is 3. The van der Waals surface area contributed by atoms with Gasteiger partial charge in [0.1, 0.15) is 11.6 Å². The van der Waals surface area contributed by atoms with Gasteiger partial charge in [0.05, 0.1) is 5.92 Å². The van der Waals surface area contributed by atoms with Gasteiger partial charge < -0.3 is 9.80 Å². The monoisotopic (exact) mass is 311 g/mol. The van der Waals surface area contributed by atoms with Crippen molar-refractivity contribution < 1.29 is 13.6 Å². The minimum Gasteiger partial charge on any atom is -0.348 e. The van der Waals surface area contributed by atoms with E-state index >= 15 is 0 Å². The second kappa shape index (κ2) is 7.15. The van der Waals surface area contributed by atoms with Crippen LogP contribution in [0.25, 0.3) is 0 Å². The molecule has 1 aromatic carbocycles. The van der Waals surface area contributed by atoms with Crippen LogP contribution in [0.3, 0.4) is 0 Å². The second-order valence-electron chi connectivity index (χ2n) is 6.16. The molecule has 0 aromatic heterocycles. The van der Waals surface area contributed by atoms with Crippen LogP contribution in [-0.4, -0.2) is 67.9 Å². The zero-order chi connectivity index (χ0) is 16.3. The lowest BCUT2D eigenvalue weighted by atomic mass is 10.1. The van der Waals surface area contributed by atoms with Crippen LogP contribution in [0, 0.1) is 17.6 Å². The van der Waals surface area contributed by atoms with E-state index in [-0.39, 0.29) is 11.8 Å². The van der Waals surface area contributed by atoms with Crippen molar-refractivity contribution in [3.63, 3.8) is 0 Å². The van der Waals surface area contributed by atoms with E-state index in [1.165, 1.54) is 6.07 Å². The largest absolute Gasteiger partial charge is 0.348 e. The van der Waals surface area contributed by atoms with Gasteiger partial charge in [-0.1, -0.05) is 0 Å². The predicted octanol–water partition coefficient (Wildman–Crippen LogP) is 1.42. The van der Waals surface area contributed by atoms with Crippen LogP contribution in [0.1, 0.15) is 5.56 Å². The SMILES string of the molecule is CN1CCN(Cc2cc(F)ccc2F)C[C@H](C(=O)N(C)C)C1. The number of likely N-dealkylation sites (N-methyl/N-ethyl adjacent to an activating group) is 1. The molecule has 0 N–H and O–H groups in total. The van der Waals surface area contributed by atoms with Crippen molar-refractivity contribution in [1.82, 2.24) is 14.7 Å². The molecule has 2 rings (SSSR count). The maximum Gasteiger partial charge on any atom is 0.227 e. The Morgan fingerprint density at radius 2 is 2.00 bits per heavy atom. The van der Waals surface area contributed by atoms with E-state index in [1.54, 1.807) is 19.0 Å². The van der Waals surface area contributed by atoms with E-state index in [1.807, 2.05) is 11.9 Å². The first-order valence-electron chi connectivity index (χ1n) is 7.43. The van der Waals surface area contributed by atoms with Gasteiger partial charge >= 0.3 is 0 Å². The summed E-state index contributed by atoms with van der Waals surface area (Å²) in [6.45, 7) is 3.07. The molecule has 22 heavy (non-hydrogen) atoms. The first-order valence-corrected chi connectivity index (χ1v) is 7.43. The van der Waals surface area contributed by atoms with Crippen molar-refractivity contribution in [3.8, 4) is 0 Å². The molecule has 1 aliphatic rings. The molecule has 4 nitrogen and oxygen atoms in total. The number of nitrogens with zero attached hydrogens (tertiary/aromatic N) is 3. The summed E-state index contributed by atoms with van der Waals surface area (Å²) in [5.41, 5.74) is 0.334. The van der Waals surface area contributed by atoms with E-state index in [0.29, 0.717) is 25.2 Å². The first kappa shape index (κ1) is 16.8. The summed E-state index contributed by atoms with van der Waals surface area (Å²) in [4.78, 5) is 18.0. The normalized spacial score (nSPS) is 20.7. The minimum absolute atomic E-state index is 0.0680. The average Bonchev–Trinajstić information content (AvgIpc) is 2.64. The first-order chi connectivity index (χ1) is 10.4. The number of carbonyl (C=O) groups excluding carboxylic acids is 1. The van der Waals surface area contributed by atoms with Gasteiger partial charge in [-0.15, -0.1) is 0 Å². The van der Waals surface area contributed by atoms with Gasteiger partial charge in [-0.25, -0.2) is 8.78 Å². The highest BCUT2D eigenvalue weighted by atomic mass is 19.1. The third-order valence-corrected chi connectivity index (χ3v) is 4.00. The Kier molecular flexibility index (Phi) is 5.47. The third kappa shape index (κ3) is 4.24. The van der Waals surface area contributed by atoms with Gasteiger partial charge in [0.25, 0.3) is 0 Å². The van der Waals surface area contributed by atoms with Crippen LogP contribution in [0.4, 0.5) is 8.78 Å². The molecule has 1 aromatic rings. The minimum atomic E-state index is -0.441. The summed E-state index contributed by atoms with van der Waals surface area (Å²) in [7, 11) is 5.45. The Balaban J connectivity index is 2.12. The van der Waals surface area contributed by atoms with E-state index in [4.69, 9.17) is 0 Å². The van der Waals surface area contributed by atoms with Gasteiger partial charge in [-0.2, -0.15) is 0 Å². The number of benzene rings is 1. The maximum absolute atomic E-state index is 13.8. The molecule has 122 valence electrons. The quantitative estimate of drug-likeness (QED) is 0.845. The topological polar surface area (TPSA) is 26.8 Å². The zero-order valence-corrected chi connectivity index (χ0v) is 13.4. The molecule has 6 heteroatoms.